The number of pyridine rings is 1. The van der Waals surface area contributed by atoms with Crippen LogP contribution in [-0.2, 0) is 9.53 Å². The molecule has 2 aromatic heterocycles. The van der Waals surface area contributed by atoms with E-state index in [1.54, 1.807) is 18.4 Å². The molecule has 0 aliphatic heterocycles. The zero-order valence-corrected chi connectivity index (χ0v) is 18.8. The lowest BCUT2D eigenvalue weighted by atomic mass is 10.1. The maximum atomic E-state index is 12.6. The SMILES string of the molecule is COC(=O)C(Sc1cc(-c2ccc(OC)cc2)cc(-c2cccs2)n1)c1ccccc1. The molecule has 2 aromatic carbocycles. The van der Waals surface area contributed by atoms with Crippen molar-refractivity contribution in [2.45, 2.75) is 10.3 Å². The summed E-state index contributed by atoms with van der Waals surface area (Å²) in [6.07, 6.45) is 0. The fourth-order valence-electron chi connectivity index (χ4n) is 3.17. The van der Waals surface area contributed by atoms with Gasteiger partial charge in [-0.1, -0.05) is 60.3 Å². The zero-order chi connectivity index (χ0) is 21.6. The predicted octanol–water partition coefficient (Wildman–Crippen LogP) is 6.49. The standard InChI is InChI=1S/C25H21NO3S2/c1-28-20-12-10-17(11-13-20)19-15-21(22-9-6-14-30-22)26-23(16-19)31-24(25(27)29-2)18-7-4-3-5-8-18/h3-16,24H,1-2H3. The van der Waals surface area contributed by atoms with Gasteiger partial charge in [0.15, 0.2) is 0 Å². The van der Waals surface area contributed by atoms with E-state index in [0.29, 0.717) is 0 Å². The molecule has 156 valence electrons. The van der Waals surface area contributed by atoms with Gasteiger partial charge in [0, 0.05) is 0 Å². The molecule has 6 heteroatoms. The number of benzene rings is 2. The summed E-state index contributed by atoms with van der Waals surface area (Å²) >= 11 is 3.03. The lowest BCUT2D eigenvalue weighted by molar-refractivity contribution is -0.140. The van der Waals surface area contributed by atoms with E-state index in [-0.39, 0.29) is 5.97 Å². The number of thioether (sulfide) groups is 1. The number of rotatable bonds is 7. The Balaban J connectivity index is 1.76. The molecule has 4 aromatic rings. The van der Waals surface area contributed by atoms with Crippen LogP contribution in [0.25, 0.3) is 21.7 Å². The highest BCUT2D eigenvalue weighted by Gasteiger charge is 2.24. The van der Waals surface area contributed by atoms with Gasteiger partial charge in [0.1, 0.15) is 11.0 Å². The fourth-order valence-corrected chi connectivity index (χ4v) is 4.93. The largest absolute Gasteiger partial charge is 0.497 e. The number of hydrogen-bond donors (Lipinski definition) is 0. The molecule has 4 nitrogen and oxygen atoms in total. The molecule has 0 aliphatic rings. The molecule has 0 radical (unpaired) electrons. The molecule has 0 bridgehead atoms. The van der Waals surface area contributed by atoms with E-state index in [1.165, 1.54) is 18.9 Å². The van der Waals surface area contributed by atoms with E-state index in [9.17, 15) is 4.79 Å². The van der Waals surface area contributed by atoms with Gasteiger partial charge in [0.25, 0.3) is 0 Å². The molecular weight excluding hydrogens is 426 g/mol. The number of methoxy groups -OCH3 is 2. The summed E-state index contributed by atoms with van der Waals surface area (Å²) in [7, 11) is 3.07. The second-order valence-electron chi connectivity index (χ2n) is 6.72. The van der Waals surface area contributed by atoms with Gasteiger partial charge in [-0.25, -0.2) is 4.98 Å². The topological polar surface area (TPSA) is 48.4 Å². The molecule has 1 unspecified atom stereocenters. The first-order valence-corrected chi connectivity index (χ1v) is 11.4. The third-order valence-corrected chi connectivity index (χ3v) is 6.80. The van der Waals surface area contributed by atoms with Gasteiger partial charge in [-0.2, -0.15) is 0 Å². The Hall–Kier alpha value is -3.09. The van der Waals surface area contributed by atoms with Gasteiger partial charge >= 0.3 is 5.97 Å². The molecule has 1 atom stereocenters. The van der Waals surface area contributed by atoms with Crippen LogP contribution in [-0.4, -0.2) is 25.2 Å². The highest BCUT2D eigenvalue weighted by atomic mass is 32.2. The van der Waals surface area contributed by atoms with Crippen LogP contribution >= 0.6 is 23.1 Å². The molecule has 31 heavy (non-hydrogen) atoms. The van der Waals surface area contributed by atoms with Crippen LogP contribution in [0.4, 0.5) is 0 Å². The first kappa shape index (κ1) is 21.2. The minimum atomic E-state index is -0.499. The van der Waals surface area contributed by atoms with Crippen molar-refractivity contribution in [3.8, 4) is 27.4 Å². The summed E-state index contributed by atoms with van der Waals surface area (Å²) in [6.45, 7) is 0. The number of ether oxygens (including phenoxy) is 2. The van der Waals surface area contributed by atoms with Gasteiger partial charge in [0.2, 0.25) is 0 Å². The molecule has 0 N–H and O–H groups in total. The van der Waals surface area contributed by atoms with E-state index >= 15 is 0 Å². The number of aromatic nitrogens is 1. The van der Waals surface area contributed by atoms with E-state index in [1.807, 2.05) is 78.2 Å². The minimum Gasteiger partial charge on any atom is -0.497 e. The van der Waals surface area contributed by atoms with Gasteiger partial charge in [-0.15, -0.1) is 11.3 Å². The molecule has 0 fully saturated rings. The predicted molar refractivity (Wildman–Crippen MR) is 127 cm³/mol. The van der Waals surface area contributed by atoms with Crippen LogP contribution in [0.15, 0.2) is 89.3 Å². The number of thiophene rings is 1. The number of hydrogen-bond acceptors (Lipinski definition) is 6. The molecule has 2 heterocycles. The van der Waals surface area contributed by atoms with Gasteiger partial charge in [-0.3, -0.25) is 4.79 Å². The second-order valence-corrected chi connectivity index (χ2v) is 8.79. The van der Waals surface area contributed by atoms with Gasteiger partial charge < -0.3 is 9.47 Å². The van der Waals surface area contributed by atoms with Crippen molar-refractivity contribution in [2.24, 2.45) is 0 Å². The number of nitrogens with zero attached hydrogens (tertiary/aromatic N) is 1. The summed E-state index contributed by atoms with van der Waals surface area (Å²) < 4.78 is 10.4. The summed E-state index contributed by atoms with van der Waals surface area (Å²) in [5.41, 5.74) is 3.84. The molecular formula is C25H21NO3S2. The number of esters is 1. The Morgan fingerprint density at radius 3 is 2.35 bits per heavy atom. The summed E-state index contributed by atoms with van der Waals surface area (Å²) in [6, 6.07) is 25.7. The van der Waals surface area contributed by atoms with Crippen molar-refractivity contribution in [1.82, 2.24) is 4.98 Å². The maximum absolute atomic E-state index is 12.6. The molecule has 0 saturated carbocycles. The van der Waals surface area contributed by atoms with Crippen LogP contribution in [0.2, 0.25) is 0 Å². The smallest absolute Gasteiger partial charge is 0.323 e. The van der Waals surface area contributed by atoms with Crippen LogP contribution in [0.5, 0.6) is 5.75 Å². The Morgan fingerprint density at radius 2 is 1.71 bits per heavy atom. The van der Waals surface area contributed by atoms with Crippen molar-refractivity contribution in [3.05, 3.63) is 89.8 Å². The monoisotopic (exact) mass is 447 g/mol. The third-order valence-electron chi connectivity index (χ3n) is 4.76. The maximum Gasteiger partial charge on any atom is 0.323 e. The summed E-state index contributed by atoms with van der Waals surface area (Å²) in [5, 5.41) is 2.29. The van der Waals surface area contributed by atoms with Crippen molar-refractivity contribution in [1.29, 1.82) is 0 Å². The average molecular weight is 448 g/mol. The lowest BCUT2D eigenvalue weighted by Crippen LogP contribution is -2.11. The zero-order valence-electron chi connectivity index (χ0n) is 17.1. The highest BCUT2D eigenvalue weighted by molar-refractivity contribution is 8.00. The van der Waals surface area contributed by atoms with Gasteiger partial charge in [-0.05, 0) is 52.4 Å². The Labute approximate surface area is 189 Å². The first-order chi connectivity index (χ1) is 15.2. The van der Waals surface area contributed by atoms with E-state index in [2.05, 4.69) is 6.07 Å². The normalized spacial score (nSPS) is 11.7. The quantitative estimate of drug-likeness (QED) is 0.239. The van der Waals surface area contributed by atoms with Crippen molar-refractivity contribution >= 4 is 29.1 Å². The van der Waals surface area contributed by atoms with E-state index < -0.39 is 5.25 Å². The highest BCUT2D eigenvalue weighted by Crippen LogP contribution is 2.39. The van der Waals surface area contributed by atoms with Gasteiger partial charge in [0.05, 0.1) is 29.8 Å². The van der Waals surface area contributed by atoms with Crippen LogP contribution in [0.3, 0.4) is 0 Å². The minimum absolute atomic E-state index is 0.300. The van der Waals surface area contributed by atoms with E-state index in [4.69, 9.17) is 14.5 Å². The molecule has 0 aliphatic carbocycles. The third kappa shape index (κ3) is 4.98. The molecule has 0 saturated heterocycles. The Bertz CT molecular complexity index is 1140. The van der Waals surface area contributed by atoms with Crippen molar-refractivity contribution in [2.75, 3.05) is 14.2 Å². The average Bonchev–Trinajstić information content (AvgIpc) is 3.38. The van der Waals surface area contributed by atoms with Crippen molar-refractivity contribution in [3.63, 3.8) is 0 Å². The first-order valence-electron chi connectivity index (χ1n) is 9.68. The van der Waals surface area contributed by atoms with Crippen LogP contribution in [0.1, 0.15) is 10.8 Å². The summed E-state index contributed by atoms with van der Waals surface area (Å²) in [5.74, 6) is 0.506. The molecule has 0 amide bonds. The Morgan fingerprint density at radius 1 is 0.935 bits per heavy atom. The molecule has 4 rings (SSSR count). The fraction of sp³-hybridized carbons (Fsp3) is 0.120. The number of carbonyl (C=O) groups excluding carboxylic acids is 1. The number of carbonyl (C=O) groups is 1. The van der Waals surface area contributed by atoms with Crippen LogP contribution < -0.4 is 4.74 Å². The van der Waals surface area contributed by atoms with Crippen molar-refractivity contribution < 1.29 is 14.3 Å². The molecule has 0 spiro atoms. The second kappa shape index (κ2) is 9.81. The lowest BCUT2D eigenvalue weighted by Gasteiger charge is -2.16. The van der Waals surface area contributed by atoms with E-state index in [0.717, 1.165) is 38.0 Å². The summed E-state index contributed by atoms with van der Waals surface area (Å²) in [4.78, 5) is 18.5. The Kier molecular flexibility index (Phi) is 6.70. The van der Waals surface area contributed by atoms with Crippen LogP contribution in [0, 0.1) is 0 Å².